The van der Waals surface area contributed by atoms with Gasteiger partial charge < -0.3 is 24.1 Å². The molecule has 1 saturated carbocycles. The predicted octanol–water partition coefficient (Wildman–Crippen LogP) is 4.95. The number of hydrogen-bond acceptors (Lipinski definition) is 6. The van der Waals surface area contributed by atoms with E-state index < -0.39 is 17.5 Å². The number of halogens is 3. The molecule has 8 nitrogen and oxygen atoms in total. The van der Waals surface area contributed by atoms with Crippen LogP contribution in [0.3, 0.4) is 0 Å². The lowest BCUT2D eigenvalue weighted by atomic mass is 10.1. The average Bonchev–Trinajstić information content (AvgIpc) is 3.20. The number of alkyl carbamates (subject to hydrolysis) is 1. The number of nitrogens with one attached hydrogen (secondary N) is 1. The Morgan fingerprint density at radius 2 is 2.00 bits per heavy atom. The normalized spacial score (nSPS) is 27.5. The van der Waals surface area contributed by atoms with Crippen molar-refractivity contribution < 1.29 is 19.0 Å². The van der Waals surface area contributed by atoms with Crippen LogP contribution in [0.5, 0.6) is 0 Å². The van der Waals surface area contributed by atoms with Crippen LogP contribution in [0.1, 0.15) is 47.1 Å². The molecular formula is C20H25Cl2IN4O4. The van der Waals surface area contributed by atoms with Crippen LogP contribution in [-0.4, -0.2) is 50.8 Å². The number of aromatic nitrogens is 3. The number of carbonyl (C=O) groups excluding carboxylic acids is 1. The van der Waals surface area contributed by atoms with E-state index >= 15 is 0 Å². The zero-order chi connectivity index (χ0) is 22.7. The first-order chi connectivity index (χ1) is 14.3. The summed E-state index contributed by atoms with van der Waals surface area (Å²) in [5.41, 5.74) is 0.103. The number of ether oxygens (including phenoxy) is 3. The van der Waals surface area contributed by atoms with E-state index in [-0.39, 0.29) is 29.5 Å². The fraction of sp³-hybridized carbons (Fsp3) is 0.650. The first kappa shape index (κ1) is 23.3. The number of hydrogen-bond donors (Lipinski definition) is 1. The van der Waals surface area contributed by atoms with Crippen LogP contribution in [0.4, 0.5) is 4.79 Å². The van der Waals surface area contributed by atoms with E-state index in [4.69, 9.17) is 37.4 Å². The molecular weight excluding hydrogens is 558 g/mol. The summed E-state index contributed by atoms with van der Waals surface area (Å²) in [5.74, 6) is -0.689. The fourth-order valence-corrected chi connectivity index (χ4v) is 5.78. The summed E-state index contributed by atoms with van der Waals surface area (Å²) in [4.78, 5) is 20.7. The summed E-state index contributed by atoms with van der Waals surface area (Å²) in [6.45, 7) is 9.71. The van der Waals surface area contributed by atoms with E-state index in [0.717, 1.165) is 15.4 Å². The molecule has 2 aromatic rings. The van der Waals surface area contributed by atoms with Crippen molar-refractivity contribution in [3.05, 3.63) is 20.2 Å². The Labute approximate surface area is 204 Å². The molecule has 1 aliphatic heterocycles. The maximum Gasteiger partial charge on any atom is 0.407 e. The van der Waals surface area contributed by atoms with Crippen LogP contribution >= 0.6 is 45.8 Å². The molecule has 3 heterocycles. The minimum absolute atomic E-state index is 0.0344. The number of rotatable bonds is 3. The predicted molar refractivity (Wildman–Crippen MR) is 125 cm³/mol. The molecule has 0 spiro atoms. The molecule has 0 aromatic carbocycles. The van der Waals surface area contributed by atoms with Gasteiger partial charge in [-0.3, -0.25) is 0 Å². The lowest BCUT2D eigenvalue weighted by molar-refractivity contribution is -0.160. The van der Waals surface area contributed by atoms with Gasteiger partial charge in [0, 0.05) is 22.2 Å². The van der Waals surface area contributed by atoms with Crippen LogP contribution in [0.15, 0.2) is 6.20 Å². The van der Waals surface area contributed by atoms with Gasteiger partial charge in [-0.1, -0.05) is 11.6 Å². The van der Waals surface area contributed by atoms with Crippen molar-refractivity contribution in [3.8, 4) is 0 Å². The van der Waals surface area contributed by atoms with Crippen LogP contribution < -0.4 is 5.32 Å². The summed E-state index contributed by atoms with van der Waals surface area (Å²) in [5, 5.41) is 4.05. The first-order valence-electron chi connectivity index (χ1n) is 10.1. The molecule has 1 aliphatic carbocycles. The highest BCUT2D eigenvalue weighted by atomic mass is 127. The Kier molecular flexibility index (Phi) is 6.13. The molecule has 1 amide bonds. The fourth-order valence-electron chi connectivity index (χ4n) is 4.35. The van der Waals surface area contributed by atoms with Crippen molar-refractivity contribution in [1.29, 1.82) is 0 Å². The maximum absolute atomic E-state index is 12.2. The lowest BCUT2D eigenvalue weighted by Crippen LogP contribution is -2.38. The monoisotopic (exact) mass is 582 g/mol. The Morgan fingerprint density at radius 1 is 1.32 bits per heavy atom. The zero-order valence-electron chi connectivity index (χ0n) is 17.9. The molecule has 1 saturated heterocycles. The number of amides is 1. The second kappa shape index (κ2) is 8.16. The van der Waals surface area contributed by atoms with Crippen LogP contribution in [0.2, 0.25) is 10.4 Å². The van der Waals surface area contributed by atoms with Gasteiger partial charge >= 0.3 is 6.09 Å². The van der Waals surface area contributed by atoms with E-state index in [1.807, 2.05) is 45.4 Å². The standard InChI is InChI=1S/C20H25Cl2IN4O4/c1-19(2,3)31-18(28)24-7-9-6-11(14-13(9)29-20(4,5)30-14)27-8-10(23)12-15(21)25-17(22)26-16(12)27/h8-9,11,13-14H,6-7H2,1-5H3,(H,24,28)/t9-,11-,13-,14+/m1/s1. The number of fused-ring (bicyclic) bond motifs is 2. The Morgan fingerprint density at radius 3 is 2.68 bits per heavy atom. The van der Waals surface area contributed by atoms with E-state index in [2.05, 4.69) is 37.9 Å². The van der Waals surface area contributed by atoms with Gasteiger partial charge in [0.05, 0.1) is 17.5 Å². The van der Waals surface area contributed by atoms with Crippen molar-refractivity contribution in [3.63, 3.8) is 0 Å². The molecule has 4 rings (SSSR count). The molecule has 11 heteroatoms. The Balaban J connectivity index is 1.62. The largest absolute Gasteiger partial charge is 0.444 e. The van der Waals surface area contributed by atoms with E-state index in [0.29, 0.717) is 17.3 Å². The van der Waals surface area contributed by atoms with Crippen molar-refractivity contribution in [2.24, 2.45) is 5.92 Å². The van der Waals surface area contributed by atoms with Crippen LogP contribution in [-0.2, 0) is 14.2 Å². The Hall–Kier alpha value is -0.880. The van der Waals surface area contributed by atoms with Crippen molar-refractivity contribution in [1.82, 2.24) is 19.9 Å². The topological polar surface area (TPSA) is 87.5 Å². The van der Waals surface area contributed by atoms with Gasteiger partial charge in [-0.25, -0.2) is 9.78 Å². The molecule has 2 aliphatic rings. The average molecular weight is 583 g/mol. The SMILES string of the molecule is CC(C)(C)OC(=O)NC[C@H]1C[C@@H](n2cc(I)c3c(Cl)nc(Cl)nc32)[C@@H]2OC(C)(C)O[C@H]12. The third-order valence-corrected chi connectivity index (χ3v) is 6.63. The van der Waals surface area contributed by atoms with Gasteiger partial charge in [-0.15, -0.1) is 0 Å². The second-order valence-electron chi connectivity index (χ2n) is 9.38. The van der Waals surface area contributed by atoms with Gasteiger partial charge in [0.15, 0.2) is 5.79 Å². The quantitative estimate of drug-likeness (QED) is 0.313. The lowest BCUT2D eigenvalue weighted by Gasteiger charge is -2.25. The number of nitrogens with zero attached hydrogens (tertiary/aromatic N) is 3. The summed E-state index contributed by atoms with van der Waals surface area (Å²) < 4.78 is 20.9. The molecule has 2 aromatic heterocycles. The maximum atomic E-state index is 12.2. The molecule has 170 valence electrons. The summed E-state index contributed by atoms with van der Waals surface area (Å²) in [7, 11) is 0. The van der Waals surface area contributed by atoms with Crippen molar-refractivity contribution in [2.45, 2.75) is 70.7 Å². The Bertz CT molecular complexity index is 1020. The molecule has 0 unspecified atom stereocenters. The van der Waals surface area contributed by atoms with E-state index in [1.54, 1.807) is 0 Å². The van der Waals surface area contributed by atoms with Gasteiger partial charge in [0.25, 0.3) is 0 Å². The molecule has 4 atom stereocenters. The second-order valence-corrected chi connectivity index (χ2v) is 11.2. The molecule has 31 heavy (non-hydrogen) atoms. The van der Waals surface area contributed by atoms with Gasteiger partial charge in [-0.05, 0) is 75.2 Å². The molecule has 0 bridgehead atoms. The van der Waals surface area contributed by atoms with Crippen molar-refractivity contribution >= 4 is 62.9 Å². The number of carbonyl (C=O) groups is 1. The van der Waals surface area contributed by atoms with Gasteiger partial charge in [0.1, 0.15) is 22.5 Å². The molecule has 0 radical (unpaired) electrons. The summed E-state index contributed by atoms with van der Waals surface area (Å²) in [6.07, 6.45) is 1.87. The van der Waals surface area contributed by atoms with E-state index in [9.17, 15) is 4.79 Å². The smallest absolute Gasteiger partial charge is 0.407 e. The van der Waals surface area contributed by atoms with Crippen LogP contribution in [0, 0.1) is 9.49 Å². The highest BCUT2D eigenvalue weighted by Crippen LogP contribution is 2.48. The van der Waals surface area contributed by atoms with Gasteiger partial charge in [0.2, 0.25) is 5.28 Å². The third kappa shape index (κ3) is 4.75. The summed E-state index contributed by atoms with van der Waals surface area (Å²) >= 11 is 14.7. The minimum Gasteiger partial charge on any atom is -0.444 e. The van der Waals surface area contributed by atoms with Gasteiger partial charge in [-0.2, -0.15) is 4.98 Å². The highest BCUT2D eigenvalue weighted by Gasteiger charge is 2.54. The van der Waals surface area contributed by atoms with Crippen molar-refractivity contribution in [2.75, 3.05) is 6.54 Å². The van der Waals surface area contributed by atoms with E-state index in [1.165, 1.54) is 0 Å². The molecule has 1 N–H and O–H groups in total. The first-order valence-corrected chi connectivity index (χ1v) is 11.9. The third-order valence-electron chi connectivity index (χ3n) is 5.37. The summed E-state index contributed by atoms with van der Waals surface area (Å²) in [6, 6.07) is -0.0646. The minimum atomic E-state index is -0.724. The molecule has 2 fully saturated rings. The zero-order valence-corrected chi connectivity index (χ0v) is 21.6. The van der Waals surface area contributed by atoms with Crippen LogP contribution in [0.25, 0.3) is 11.0 Å². The highest BCUT2D eigenvalue weighted by molar-refractivity contribution is 14.1.